The lowest BCUT2D eigenvalue weighted by molar-refractivity contribution is -0.116. The first kappa shape index (κ1) is 27.0. The molecule has 1 amide bonds. The molecule has 0 aliphatic heterocycles. The molecule has 37 heavy (non-hydrogen) atoms. The van der Waals surface area contributed by atoms with Crippen LogP contribution < -0.4 is 10.1 Å². The van der Waals surface area contributed by atoms with E-state index in [4.69, 9.17) is 39.5 Å². The summed E-state index contributed by atoms with van der Waals surface area (Å²) in [5, 5.41) is 3.84. The number of ether oxygens (including phenoxy) is 1. The van der Waals surface area contributed by atoms with E-state index in [1.165, 1.54) is 30.3 Å². The number of amides is 1. The van der Waals surface area contributed by atoms with Gasteiger partial charge in [0, 0.05) is 21.6 Å². The van der Waals surface area contributed by atoms with Gasteiger partial charge in [0.15, 0.2) is 5.75 Å². The summed E-state index contributed by atoms with van der Waals surface area (Å²) >= 11 is 18.3. The summed E-state index contributed by atoms with van der Waals surface area (Å²) in [6.45, 7) is -0.639. The van der Waals surface area contributed by atoms with Crippen molar-refractivity contribution in [2.45, 2.75) is 11.4 Å². The highest BCUT2D eigenvalue weighted by atomic mass is 35.5. The summed E-state index contributed by atoms with van der Waals surface area (Å²) in [5.74, 6) is 0.440. The molecule has 0 saturated carbocycles. The molecule has 0 heterocycles. The first-order valence-corrected chi connectivity index (χ1v) is 13.6. The third kappa shape index (κ3) is 7.03. The first-order valence-electron chi connectivity index (χ1n) is 11.0. The molecule has 0 bridgehead atoms. The highest BCUT2D eigenvalue weighted by Gasteiger charge is 2.28. The van der Waals surface area contributed by atoms with E-state index >= 15 is 0 Å². The minimum Gasteiger partial charge on any atom is -0.455 e. The Morgan fingerprint density at radius 3 is 2.16 bits per heavy atom. The van der Waals surface area contributed by atoms with E-state index in [1.807, 2.05) is 18.2 Å². The maximum Gasteiger partial charge on any atom is 0.243 e. The van der Waals surface area contributed by atoms with Gasteiger partial charge in [-0.25, -0.2) is 8.42 Å². The fourth-order valence-corrected chi connectivity index (χ4v) is 5.41. The lowest BCUT2D eigenvalue weighted by atomic mass is 10.2. The van der Waals surface area contributed by atoms with Crippen LogP contribution in [-0.2, 0) is 21.4 Å². The highest BCUT2D eigenvalue weighted by Crippen LogP contribution is 2.30. The number of hydrogen-bond donors (Lipinski definition) is 1. The predicted octanol–water partition coefficient (Wildman–Crippen LogP) is 7.27. The summed E-state index contributed by atoms with van der Waals surface area (Å²) < 4.78 is 34.0. The van der Waals surface area contributed by atoms with Crippen molar-refractivity contribution in [2.75, 3.05) is 11.9 Å². The van der Waals surface area contributed by atoms with Gasteiger partial charge in [-0.05, 0) is 66.2 Å². The summed E-state index contributed by atoms with van der Waals surface area (Å²) in [5.41, 5.74) is 0.883. The Balaban J connectivity index is 1.60. The van der Waals surface area contributed by atoms with E-state index in [9.17, 15) is 13.2 Å². The number of hydrogen-bond acceptors (Lipinski definition) is 4. The molecule has 4 aromatic carbocycles. The van der Waals surface area contributed by atoms with Crippen LogP contribution in [0.5, 0.6) is 11.5 Å². The zero-order valence-corrected chi connectivity index (χ0v) is 22.4. The Labute approximate surface area is 230 Å². The second-order valence-electron chi connectivity index (χ2n) is 7.92. The molecule has 190 valence electrons. The van der Waals surface area contributed by atoms with Crippen molar-refractivity contribution < 1.29 is 17.9 Å². The van der Waals surface area contributed by atoms with Crippen LogP contribution in [0.1, 0.15) is 5.56 Å². The van der Waals surface area contributed by atoms with Crippen LogP contribution in [0.25, 0.3) is 0 Å². The van der Waals surface area contributed by atoms with Gasteiger partial charge in [0.2, 0.25) is 15.9 Å². The Kier molecular flexibility index (Phi) is 8.74. The van der Waals surface area contributed by atoms with Gasteiger partial charge >= 0.3 is 0 Å². The van der Waals surface area contributed by atoms with E-state index in [2.05, 4.69) is 5.32 Å². The van der Waals surface area contributed by atoms with Crippen LogP contribution in [0, 0.1) is 0 Å². The number of nitrogens with one attached hydrogen (secondary N) is 1. The SMILES string of the molecule is O=C(CN(Cc1ccc(Cl)cc1Cl)S(=O)(=O)c1ccc(Cl)cc1)Nc1ccccc1Oc1ccccc1. The molecular weight excluding hydrogens is 555 g/mol. The van der Waals surface area contributed by atoms with Gasteiger partial charge in [0.25, 0.3) is 0 Å². The molecule has 0 unspecified atom stereocenters. The van der Waals surface area contributed by atoms with E-state index in [0.29, 0.717) is 32.8 Å². The number of rotatable bonds is 9. The number of sulfonamides is 1. The van der Waals surface area contributed by atoms with E-state index in [-0.39, 0.29) is 16.5 Å². The van der Waals surface area contributed by atoms with Gasteiger partial charge in [-0.2, -0.15) is 4.31 Å². The molecule has 0 radical (unpaired) electrons. The first-order chi connectivity index (χ1) is 17.7. The molecule has 0 spiro atoms. The normalized spacial score (nSPS) is 11.4. The molecular formula is C27H21Cl3N2O4S. The third-order valence-electron chi connectivity index (χ3n) is 5.27. The van der Waals surface area contributed by atoms with Crippen LogP contribution in [0.15, 0.2) is 102 Å². The number of anilines is 1. The average molecular weight is 576 g/mol. The summed E-state index contributed by atoms with van der Waals surface area (Å²) in [6.07, 6.45) is 0. The van der Waals surface area contributed by atoms with Crippen molar-refractivity contribution in [3.63, 3.8) is 0 Å². The molecule has 6 nitrogen and oxygen atoms in total. The van der Waals surface area contributed by atoms with Crippen LogP contribution in [0.4, 0.5) is 5.69 Å². The fourth-order valence-electron chi connectivity index (χ4n) is 3.45. The quantitative estimate of drug-likeness (QED) is 0.228. The number of carbonyl (C=O) groups is 1. The Morgan fingerprint density at radius 2 is 1.46 bits per heavy atom. The van der Waals surface area contributed by atoms with E-state index in [0.717, 1.165) is 4.31 Å². The molecule has 0 saturated heterocycles. The molecule has 4 rings (SSSR count). The molecule has 0 atom stereocenters. The maximum atomic E-state index is 13.5. The van der Waals surface area contributed by atoms with Gasteiger partial charge < -0.3 is 10.1 Å². The largest absolute Gasteiger partial charge is 0.455 e. The standard InChI is InChI=1S/C27H21Cl3N2O4S/c28-20-12-14-23(15-13-20)37(34,35)32(17-19-10-11-21(29)16-24(19)30)18-27(33)31-25-8-4-5-9-26(25)36-22-6-2-1-3-7-22/h1-16H,17-18H2,(H,31,33). The zero-order valence-electron chi connectivity index (χ0n) is 19.3. The minimum absolute atomic E-state index is 0.0115. The smallest absolute Gasteiger partial charge is 0.243 e. The lowest BCUT2D eigenvalue weighted by Crippen LogP contribution is -2.37. The number of benzene rings is 4. The van der Waals surface area contributed by atoms with Gasteiger partial charge in [-0.1, -0.05) is 71.2 Å². The van der Waals surface area contributed by atoms with Crippen LogP contribution >= 0.6 is 34.8 Å². The topological polar surface area (TPSA) is 75.7 Å². The highest BCUT2D eigenvalue weighted by molar-refractivity contribution is 7.89. The van der Waals surface area contributed by atoms with E-state index in [1.54, 1.807) is 48.5 Å². The van der Waals surface area contributed by atoms with E-state index < -0.39 is 22.5 Å². The second-order valence-corrected chi connectivity index (χ2v) is 11.1. The van der Waals surface area contributed by atoms with Gasteiger partial charge in [0.1, 0.15) is 5.75 Å². The molecule has 1 N–H and O–H groups in total. The number of nitrogens with zero attached hydrogens (tertiary/aromatic N) is 1. The minimum atomic E-state index is -4.10. The summed E-state index contributed by atoms with van der Waals surface area (Å²) in [4.78, 5) is 13.1. The van der Waals surface area contributed by atoms with Crippen molar-refractivity contribution in [2.24, 2.45) is 0 Å². The van der Waals surface area contributed by atoms with Crippen LogP contribution in [-0.4, -0.2) is 25.2 Å². The van der Waals surface area contributed by atoms with Crippen molar-refractivity contribution >= 4 is 56.4 Å². The van der Waals surface area contributed by atoms with Crippen molar-refractivity contribution in [1.82, 2.24) is 4.31 Å². The lowest BCUT2D eigenvalue weighted by Gasteiger charge is -2.23. The van der Waals surface area contributed by atoms with Crippen molar-refractivity contribution in [3.05, 3.63) is 118 Å². The van der Waals surface area contributed by atoms with Gasteiger partial charge in [-0.3, -0.25) is 4.79 Å². The zero-order chi connectivity index (χ0) is 26.4. The van der Waals surface area contributed by atoms with Crippen molar-refractivity contribution in [3.8, 4) is 11.5 Å². The Morgan fingerprint density at radius 1 is 0.811 bits per heavy atom. The van der Waals surface area contributed by atoms with Crippen molar-refractivity contribution in [1.29, 1.82) is 0 Å². The molecule has 10 heteroatoms. The average Bonchev–Trinajstić information content (AvgIpc) is 2.87. The second kappa shape index (κ2) is 12.0. The maximum absolute atomic E-state index is 13.5. The third-order valence-corrected chi connectivity index (χ3v) is 7.91. The fraction of sp³-hybridized carbons (Fsp3) is 0.0741. The van der Waals surface area contributed by atoms with Gasteiger partial charge in [0.05, 0.1) is 17.1 Å². The monoisotopic (exact) mass is 574 g/mol. The molecule has 0 aromatic heterocycles. The van der Waals surface area contributed by atoms with Crippen LogP contribution in [0.3, 0.4) is 0 Å². The molecule has 4 aromatic rings. The Bertz CT molecular complexity index is 1500. The molecule has 0 aliphatic rings. The molecule has 0 aliphatic carbocycles. The Hall–Kier alpha value is -3.07. The molecule has 0 fully saturated rings. The number of carbonyl (C=O) groups excluding carboxylic acids is 1. The number of halogens is 3. The predicted molar refractivity (Wildman–Crippen MR) is 147 cm³/mol. The number of para-hydroxylation sites is 3. The van der Waals surface area contributed by atoms with Crippen LogP contribution in [0.2, 0.25) is 15.1 Å². The summed E-state index contributed by atoms with van der Waals surface area (Å²) in [6, 6.07) is 26.4. The summed E-state index contributed by atoms with van der Waals surface area (Å²) in [7, 11) is -4.10. The van der Waals surface area contributed by atoms with Gasteiger partial charge in [-0.15, -0.1) is 0 Å².